The second-order valence-electron chi connectivity index (χ2n) is 9.46. The molecule has 37 heavy (non-hydrogen) atoms. The van der Waals surface area contributed by atoms with Crippen molar-refractivity contribution in [2.24, 2.45) is 0 Å². The van der Waals surface area contributed by atoms with Gasteiger partial charge in [-0.3, -0.25) is 4.79 Å². The molecule has 0 radical (unpaired) electrons. The number of sulfone groups is 1. The molecule has 2 aliphatic heterocycles. The Balaban J connectivity index is 1.39. The van der Waals surface area contributed by atoms with E-state index in [0.717, 1.165) is 36.5 Å². The predicted octanol–water partition coefficient (Wildman–Crippen LogP) is 4.69. The number of aryl methyl sites for hydroxylation is 1. The molecule has 2 aromatic carbocycles. The van der Waals surface area contributed by atoms with Gasteiger partial charge in [-0.25, -0.2) is 13.4 Å². The number of fused-ring (bicyclic) bond motifs is 1. The highest BCUT2D eigenvalue weighted by Gasteiger charge is 2.32. The number of carbonyl (C=O) groups is 1. The van der Waals surface area contributed by atoms with Crippen LogP contribution in [0.25, 0.3) is 0 Å². The minimum atomic E-state index is -3.49. The van der Waals surface area contributed by atoms with Crippen LogP contribution in [0.2, 0.25) is 5.02 Å². The highest BCUT2D eigenvalue weighted by Crippen LogP contribution is 2.35. The number of nitrogens with zero attached hydrogens (tertiary/aromatic N) is 3. The van der Waals surface area contributed by atoms with Crippen LogP contribution in [0.4, 0.5) is 17.5 Å². The SMILES string of the molecule is COC(=O)Cc1ccc(Nc2nc(N3CCC(c4ccc(Cl)cc4)CC3)nc3c2S(=O)(=O)CCC3)cc1. The number of anilines is 3. The highest BCUT2D eigenvalue weighted by molar-refractivity contribution is 7.91. The van der Waals surface area contributed by atoms with Crippen molar-refractivity contribution in [1.29, 1.82) is 0 Å². The Kier molecular flexibility index (Phi) is 7.35. The molecule has 1 saturated heterocycles. The van der Waals surface area contributed by atoms with Crippen molar-refractivity contribution in [2.75, 3.05) is 36.2 Å². The molecular weight excluding hydrogens is 512 g/mol. The summed E-state index contributed by atoms with van der Waals surface area (Å²) in [6.45, 7) is 1.56. The lowest BCUT2D eigenvalue weighted by Gasteiger charge is -2.33. The minimum Gasteiger partial charge on any atom is -0.469 e. The predicted molar refractivity (Wildman–Crippen MR) is 143 cm³/mol. The number of hydrogen-bond donors (Lipinski definition) is 1. The van der Waals surface area contributed by atoms with E-state index >= 15 is 0 Å². The molecule has 1 aromatic heterocycles. The molecule has 3 heterocycles. The lowest BCUT2D eigenvalue weighted by Crippen LogP contribution is -2.35. The van der Waals surface area contributed by atoms with E-state index in [1.54, 1.807) is 12.1 Å². The van der Waals surface area contributed by atoms with Crippen molar-refractivity contribution in [3.8, 4) is 0 Å². The Hall–Kier alpha value is -3.17. The molecule has 8 nitrogen and oxygen atoms in total. The number of carbonyl (C=O) groups excluding carboxylic acids is 1. The molecule has 0 aliphatic carbocycles. The summed E-state index contributed by atoms with van der Waals surface area (Å²) in [6.07, 6.45) is 3.21. The van der Waals surface area contributed by atoms with Gasteiger partial charge in [-0.2, -0.15) is 4.98 Å². The van der Waals surface area contributed by atoms with E-state index in [4.69, 9.17) is 26.3 Å². The summed E-state index contributed by atoms with van der Waals surface area (Å²) in [5.74, 6) is 1.06. The van der Waals surface area contributed by atoms with E-state index in [2.05, 4.69) is 22.3 Å². The zero-order valence-corrected chi connectivity index (χ0v) is 22.2. The van der Waals surface area contributed by atoms with Gasteiger partial charge in [-0.1, -0.05) is 35.9 Å². The van der Waals surface area contributed by atoms with Gasteiger partial charge in [0.05, 0.1) is 25.0 Å². The monoisotopic (exact) mass is 540 g/mol. The Morgan fingerprint density at radius 1 is 1.08 bits per heavy atom. The normalized spacial score (nSPS) is 17.2. The minimum absolute atomic E-state index is 0.0853. The first-order chi connectivity index (χ1) is 17.8. The molecule has 1 fully saturated rings. The molecule has 0 spiro atoms. The molecule has 3 aromatic rings. The Morgan fingerprint density at radius 3 is 2.46 bits per heavy atom. The lowest BCUT2D eigenvalue weighted by molar-refractivity contribution is -0.139. The average Bonchev–Trinajstić information content (AvgIpc) is 2.90. The van der Waals surface area contributed by atoms with Gasteiger partial charge in [0.15, 0.2) is 15.7 Å². The number of hydrogen-bond acceptors (Lipinski definition) is 8. The Morgan fingerprint density at radius 2 is 1.78 bits per heavy atom. The van der Waals surface area contributed by atoms with E-state index < -0.39 is 9.84 Å². The molecular formula is C27H29ClN4O4S. The maximum absolute atomic E-state index is 13.0. The zero-order chi connectivity index (χ0) is 26.0. The number of aromatic nitrogens is 2. The van der Waals surface area contributed by atoms with E-state index in [9.17, 15) is 13.2 Å². The van der Waals surface area contributed by atoms with Gasteiger partial charge in [0.1, 0.15) is 4.90 Å². The first-order valence-corrected chi connectivity index (χ1v) is 14.4. The smallest absolute Gasteiger partial charge is 0.309 e. The molecule has 5 rings (SSSR count). The van der Waals surface area contributed by atoms with E-state index in [-0.39, 0.29) is 23.0 Å². The number of nitrogens with one attached hydrogen (secondary N) is 1. The fourth-order valence-electron chi connectivity index (χ4n) is 4.97. The summed E-state index contributed by atoms with van der Waals surface area (Å²) in [7, 11) is -2.14. The van der Waals surface area contributed by atoms with E-state index in [1.165, 1.54) is 12.7 Å². The molecule has 10 heteroatoms. The number of piperidine rings is 1. The molecule has 2 aliphatic rings. The fraction of sp³-hybridized carbons (Fsp3) is 0.370. The lowest BCUT2D eigenvalue weighted by atomic mass is 9.89. The van der Waals surface area contributed by atoms with Crippen molar-refractivity contribution in [1.82, 2.24) is 9.97 Å². The summed E-state index contributed by atoms with van der Waals surface area (Å²) in [5.41, 5.74) is 3.34. The second kappa shape index (κ2) is 10.7. The topological polar surface area (TPSA) is 101 Å². The second-order valence-corrected chi connectivity index (χ2v) is 11.9. The first kappa shape index (κ1) is 25.5. The first-order valence-electron chi connectivity index (χ1n) is 12.4. The number of benzene rings is 2. The van der Waals surface area contributed by atoms with Crippen LogP contribution in [0.3, 0.4) is 0 Å². The number of halogens is 1. The van der Waals surface area contributed by atoms with E-state index in [0.29, 0.717) is 41.9 Å². The van der Waals surface area contributed by atoms with Crippen molar-refractivity contribution >= 4 is 44.9 Å². The third kappa shape index (κ3) is 5.72. The van der Waals surface area contributed by atoms with Gasteiger partial charge in [-0.05, 0) is 67.0 Å². The quantitative estimate of drug-likeness (QED) is 0.449. The molecule has 1 N–H and O–H groups in total. The Bertz CT molecular complexity index is 1390. The largest absolute Gasteiger partial charge is 0.469 e. The van der Waals surface area contributed by atoms with Crippen LogP contribution >= 0.6 is 11.6 Å². The third-order valence-corrected chi connectivity index (χ3v) is 9.10. The summed E-state index contributed by atoms with van der Waals surface area (Å²) in [5, 5.41) is 3.95. The van der Waals surface area contributed by atoms with Crippen molar-refractivity contribution < 1.29 is 17.9 Å². The molecule has 194 valence electrons. The summed E-state index contributed by atoms with van der Waals surface area (Å²) in [4.78, 5) is 23.3. The van der Waals surface area contributed by atoms with Crippen LogP contribution in [-0.2, 0) is 32.2 Å². The van der Waals surface area contributed by atoms with Gasteiger partial charge in [0, 0.05) is 23.8 Å². The van der Waals surface area contributed by atoms with Crippen molar-refractivity contribution in [3.05, 3.63) is 70.4 Å². The van der Waals surface area contributed by atoms with E-state index in [1.807, 2.05) is 24.3 Å². The van der Waals surface area contributed by atoms with Crippen LogP contribution in [0, 0.1) is 0 Å². The van der Waals surface area contributed by atoms with Gasteiger partial charge in [-0.15, -0.1) is 0 Å². The standard InChI is InChI=1S/C27H29ClN4O4S/c1-36-24(33)17-18-4-10-22(11-5-18)29-26-25-23(3-2-16-37(25,34)35)30-27(31-26)32-14-12-20(13-15-32)19-6-8-21(28)9-7-19/h4-11,20H,2-3,12-17H2,1H3,(H,29,30,31). The van der Waals surface area contributed by atoms with Crippen LogP contribution in [0.15, 0.2) is 53.4 Å². The van der Waals surface area contributed by atoms with Crippen LogP contribution < -0.4 is 10.2 Å². The number of rotatable bonds is 6. The third-order valence-electron chi connectivity index (χ3n) is 6.97. The average molecular weight is 541 g/mol. The van der Waals surface area contributed by atoms with Crippen LogP contribution in [-0.4, -0.2) is 50.3 Å². The molecule has 0 saturated carbocycles. The van der Waals surface area contributed by atoms with Crippen molar-refractivity contribution in [2.45, 2.75) is 42.9 Å². The van der Waals surface area contributed by atoms with Gasteiger partial charge in [0.2, 0.25) is 5.95 Å². The summed E-state index contributed by atoms with van der Waals surface area (Å²) >= 11 is 6.05. The summed E-state index contributed by atoms with van der Waals surface area (Å²) in [6, 6.07) is 15.3. The molecule has 0 bridgehead atoms. The maximum Gasteiger partial charge on any atom is 0.309 e. The van der Waals surface area contributed by atoms with Crippen molar-refractivity contribution in [3.63, 3.8) is 0 Å². The van der Waals surface area contributed by atoms with Crippen LogP contribution in [0.1, 0.15) is 42.0 Å². The zero-order valence-electron chi connectivity index (χ0n) is 20.6. The summed E-state index contributed by atoms with van der Waals surface area (Å²) < 4.78 is 30.7. The van der Waals surface area contributed by atoms with Gasteiger partial charge < -0.3 is 15.0 Å². The van der Waals surface area contributed by atoms with Gasteiger partial charge in [0.25, 0.3) is 0 Å². The Labute approximate surface area is 222 Å². The fourth-order valence-corrected chi connectivity index (χ4v) is 6.72. The molecule has 0 amide bonds. The number of esters is 1. The number of methoxy groups -OCH3 is 1. The molecule has 0 unspecified atom stereocenters. The molecule has 0 atom stereocenters. The highest BCUT2D eigenvalue weighted by atomic mass is 35.5. The number of ether oxygens (including phenoxy) is 1. The maximum atomic E-state index is 13.0. The van der Waals surface area contributed by atoms with Crippen LogP contribution in [0.5, 0.6) is 0 Å². The van der Waals surface area contributed by atoms with Gasteiger partial charge >= 0.3 is 5.97 Å².